The molecular formula is C10H19NO3. The molecule has 14 heavy (non-hydrogen) atoms. The van der Waals surface area contributed by atoms with Crippen LogP contribution in [0.15, 0.2) is 0 Å². The number of hydrogen-bond donors (Lipinski definition) is 2. The van der Waals surface area contributed by atoms with E-state index in [1.165, 1.54) is 0 Å². The SMILES string of the molecule is CC[C@@H](CO)NC(=O)C1CCOC1C. The number of aliphatic hydroxyl groups excluding tert-OH is 1. The Morgan fingerprint density at radius 2 is 2.43 bits per heavy atom. The molecule has 1 saturated heterocycles. The number of rotatable bonds is 4. The zero-order valence-electron chi connectivity index (χ0n) is 8.82. The Morgan fingerprint density at radius 1 is 1.71 bits per heavy atom. The molecule has 4 heteroatoms. The van der Waals surface area contributed by atoms with E-state index in [0.29, 0.717) is 6.61 Å². The van der Waals surface area contributed by atoms with Gasteiger partial charge >= 0.3 is 0 Å². The Morgan fingerprint density at radius 3 is 2.86 bits per heavy atom. The normalized spacial score (nSPS) is 28.8. The van der Waals surface area contributed by atoms with Crippen LogP contribution < -0.4 is 5.32 Å². The lowest BCUT2D eigenvalue weighted by molar-refractivity contribution is -0.127. The largest absolute Gasteiger partial charge is 0.394 e. The summed E-state index contributed by atoms with van der Waals surface area (Å²) in [5.74, 6) is -0.0356. The van der Waals surface area contributed by atoms with Crippen molar-refractivity contribution in [3.05, 3.63) is 0 Å². The third-order valence-corrected chi connectivity index (χ3v) is 2.77. The Balaban J connectivity index is 2.40. The van der Waals surface area contributed by atoms with Gasteiger partial charge in [0.15, 0.2) is 0 Å². The topological polar surface area (TPSA) is 58.6 Å². The maximum atomic E-state index is 11.7. The van der Waals surface area contributed by atoms with Crippen LogP contribution in [-0.4, -0.2) is 36.4 Å². The summed E-state index contributed by atoms with van der Waals surface area (Å²) in [6, 6.07) is -0.115. The summed E-state index contributed by atoms with van der Waals surface area (Å²) in [6.07, 6.45) is 1.55. The standard InChI is InChI=1S/C10H19NO3/c1-3-8(6-12)11-10(13)9-4-5-14-7(9)2/h7-9,12H,3-6H2,1-2H3,(H,11,13)/t7?,8-,9?/m0/s1. The Labute approximate surface area is 84.6 Å². The number of carbonyl (C=O) groups is 1. The van der Waals surface area contributed by atoms with Crippen molar-refractivity contribution in [2.24, 2.45) is 5.92 Å². The van der Waals surface area contributed by atoms with Gasteiger partial charge in [0.25, 0.3) is 0 Å². The van der Waals surface area contributed by atoms with Crippen LogP contribution in [0, 0.1) is 5.92 Å². The van der Waals surface area contributed by atoms with E-state index < -0.39 is 0 Å². The molecule has 1 heterocycles. The van der Waals surface area contributed by atoms with Crippen LogP contribution >= 0.6 is 0 Å². The van der Waals surface area contributed by atoms with E-state index in [0.717, 1.165) is 12.8 Å². The summed E-state index contributed by atoms with van der Waals surface area (Å²) in [5, 5.41) is 11.8. The highest BCUT2D eigenvalue weighted by Crippen LogP contribution is 2.20. The van der Waals surface area contributed by atoms with E-state index in [1.807, 2.05) is 13.8 Å². The Hall–Kier alpha value is -0.610. The van der Waals surface area contributed by atoms with Gasteiger partial charge in [-0.1, -0.05) is 6.92 Å². The fourth-order valence-electron chi connectivity index (χ4n) is 1.66. The van der Waals surface area contributed by atoms with E-state index in [1.54, 1.807) is 0 Å². The summed E-state index contributed by atoms with van der Waals surface area (Å²) < 4.78 is 5.31. The molecular weight excluding hydrogens is 182 g/mol. The molecule has 1 amide bonds. The molecule has 0 aromatic rings. The van der Waals surface area contributed by atoms with E-state index >= 15 is 0 Å². The van der Waals surface area contributed by atoms with Crippen LogP contribution in [0.3, 0.4) is 0 Å². The van der Waals surface area contributed by atoms with Crippen molar-refractivity contribution in [3.63, 3.8) is 0 Å². The van der Waals surface area contributed by atoms with Gasteiger partial charge in [0.2, 0.25) is 5.91 Å². The van der Waals surface area contributed by atoms with Crippen LogP contribution in [0.2, 0.25) is 0 Å². The molecule has 82 valence electrons. The molecule has 0 radical (unpaired) electrons. The summed E-state index contributed by atoms with van der Waals surface area (Å²) in [4.78, 5) is 11.7. The Bertz CT molecular complexity index is 192. The number of hydrogen-bond acceptors (Lipinski definition) is 3. The number of aliphatic hydroxyl groups is 1. The first-order valence-electron chi connectivity index (χ1n) is 5.21. The van der Waals surface area contributed by atoms with Gasteiger partial charge in [-0.15, -0.1) is 0 Å². The van der Waals surface area contributed by atoms with Gasteiger partial charge in [-0.3, -0.25) is 4.79 Å². The van der Waals surface area contributed by atoms with E-state index in [-0.39, 0.29) is 30.6 Å². The van der Waals surface area contributed by atoms with Crippen molar-refractivity contribution in [2.75, 3.05) is 13.2 Å². The minimum Gasteiger partial charge on any atom is -0.394 e. The maximum Gasteiger partial charge on any atom is 0.226 e. The molecule has 0 aromatic carbocycles. The lowest BCUT2D eigenvalue weighted by Gasteiger charge is -2.18. The first-order valence-corrected chi connectivity index (χ1v) is 5.21. The molecule has 1 aliphatic heterocycles. The third-order valence-electron chi connectivity index (χ3n) is 2.77. The number of amides is 1. The minimum atomic E-state index is -0.115. The summed E-state index contributed by atoms with van der Waals surface area (Å²) in [7, 11) is 0. The summed E-state index contributed by atoms with van der Waals surface area (Å²) in [5.41, 5.74) is 0. The average Bonchev–Trinajstić information content (AvgIpc) is 2.60. The molecule has 0 saturated carbocycles. The Kier molecular flexibility index (Phi) is 4.35. The molecule has 4 nitrogen and oxygen atoms in total. The van der Waals surface area contributed by atoms with Gasteiger partial charge in [0, 0.05) is 6.61 Å². The second kappa shape index (κ2) is 5.32. The predicted molar refractivity (Wildman–Crippen MR) is 52.8 cm³/mol. The van der Waals surface area contributed by atoms with Gasteiger partial charge in [-0.2, -0.15) is 0 Å². The van der Waals surface area contributed by atoms with Crippen molar-refractivity contribution in [1.29, 1.82) is 0 Å². The fourth-order valence-corrected chi connectivity index (χ4v) is 1.66. The highest BCUT2D eigenvalue weighted by Gasteiger charge is 2.31. The van der Waals surface area contributed by atoms with Gasteiger partial charge in [-0.05, 0) is 19.8 Å². The lowest BCUT2D eigenvalue weighted by Crippen LogP contribution is -2.42. The lowest BCUT2D eigenvalue weighted by atomic mass is 10.0. The van der Waals surface area contributed by atoms with E-state index in [2.05, 4.69) is 5.32 Å². The second-order valence-corrected chi connectivity index (χ2v) is 3.77. The molecule has 3 atom stereocenters. The molecule has 0 bridgehead atoms. The number of ether oxygens (including phenoxy) is 1. The van der Waals surface area contributed by atoms with Crippen molar-refractivity contribution in [2.45, 2.75) is 38.8 Å². The average molecular weight is 201 g/mol. The smallest absolute Gasteiger partial charge is 0.226 e. The molecule has 0 spiro atoms. The molecule has 0 aliphatic carbocycles. The van der Waals surface area contributed by atoms with Gasteiger partial charge in [-0.25, -0.2) is 0 Å². The first-order chi connectivity index (χ1) is 6.69. The molecule has 1 rings (SSSR count). The molecule has 1 aliphatic rings. The maximum absolute atomic E-state index is 11.7. The third kappa shape index (κ3) is 2.69. The van der Waals surface area contributed by atoms with Crippen molar-refractivity contribution in [1.82, 2.24) is 5.32 Å². The van der Waals surface area contributed by atoms with Crippen molar-refractivity contribution >= 4 is 5.91 Å². The number of nitrogens with one attached hydrogen (secondary N) is 1. The van der Waals surface area contributed by atoms with Gasteiger partial charge in [0.05, 0.1) is 24.7 Å². The minimum absolute atomic E-state index is 0.00416. The van der Waals surface area contributed by atoms with Crippen LogP contribution in [0.5, 0.6) is 0 Å². The highest BCUT2D eigenvalue weighted by molar-refractivity contribution is 5.79. The van der Waals surface area contributed by atoms with Crippen LogP contribution in [0.1, 0.15) is 26.7 Å². The molecule has 2 unspecified atom stereocenters. The van der Waals surface area contributed by atoms with Gasteiger partial charge in [0.1, 0.15) is 0 Å². The molecule has 1 fully saturated rings. The van der Waals surface area contributed by atoms with Crippen LogP contribution in [-0.2, 0) is 9.53 Å². The van der Waals surface area contributed by atoms with Crippen molar-refractivity contribution < 1.29 is 14.6 Å². The van der Waals surface area contributed by atoms with E-state index in [4.69, 9.17) is 9.84 Å². The van der Waals surface area contributed by atoms with Crippen molar-refractivity contribution in [3.8, 4) is 0 Å². The first kappa shape index (κ1) is 11.5. The molecule has 0 aromatic heterocycles. The van der Waals surface area contributed by atoms with E-state index in [9.17, 15) is 4.79 Å². The highest BCUT2D eigenvalue weighted by atomic mass is 16.5. The fraction of sp³-hybridized carbons (Fsp3) is 0.900. The predicted octanol–water partition coefficient (Wildman–Crippen LogP) is 0.298. The van der Waals surface area contributed by atoms with Crippen LogP contribution in [0.4, 0.5) is 0 Å². The molecule has 2 N–H and O–H groups in total. The number of carbonyl (C=O) groups excluding carboxylic acids is 1. The van der Waals surface area contributed by atoms with Gasteiger partial charge < -0.3 is 15.2 Å². The zero-order valence-corrected chi connectivity index (χ0v) is 8.82. The monoisotopic (exact) mass is 201 g/mol. The zero-order chi connectivity index (χ0) is 10.6. The summed E-state index contributed by atoms with van der Waals surface area (Å²) in [6.45, 7) is 4.52. The quantitative estimate of drug-likeness (QED) is 0.687. The second-order valence-electron chi connectivity index (χ2n) is 3.77. The van der Waals surface area contributed by atoms with Crippen LogP contribution in [0.25, 0.3) is 0 Å². The summed E-state index contributed by atoms with van der Waals surface area (Å²) >= 11 is 0.